The summed E-state index contributed by atoms with van der Waals surface area (Å²) >= 11 is 13.4. The van der Waals surface area contributed by atoms with Crippen LogP contribution in [0.15, 0.2) is 36.4 Å². The zero-order valence-corrected chi connectivity index (χ0v) is 22.3. The van der Waals surface area contributed by atoms with Crippen molar-refractivity contribution in [2.24, 2.45) is 0 Å². The van der Waals surface area contributed by atoms with Gasteiger partial charge in [-0.3, -0.25) is 0 Å². The van der Waals surface area contributed by atoms with Crippen molar-refractivity contribution >= 4 is 37.1 Å². The molecule has 2 aromatic carbocycles. The summed E-state index contributed by atoms with van der Waals surface area (Å²) in [6.45, 7) is 16.2. The Morgan fingerprint density at radius 1 is 0.833 bits per heavy atom. The van der Waals surface area contributed by atoms with E-state index in [0.29, 0.717) is 26.3 Å². The van der Waals surface area contributed by atoms with E-state index >= 15 is 0 Å². The van der Waals surface area contributed by atoms with Gasteiger partial charge >= 0.3 is 0 Å². The molecule has 0 spiro atoms. The number of halogens is 2. The molecule has 3 heteroatoms. The summed E-state index contributed by atoms with van der Waals surface area (Å²) in [5.41, 5.74) is 7.24. The summed E-state index contributed by atoms with van der Waals surface area (Å²) in [6.07, 6.45) is 3.89. The van der Waals surface area contributed by atoms with Crippen LogP contribution in [-0.4, -0.2) is 10.5 Å². The second-order valence-corrected chi connectivity index (χ2v) is 12.2. The Morgan fingerprint density at radius 2 is 1.40 bits per heavy atom. The predicted molar refractivity (Wildman–Crippen MR) is 141 cm³/mol. The standard InChI is InChI=1S/C27H39Cl2P/c1-8-9-15-27(28,29)17-30-23-16-22(21-13-11-10-12-14-21)24(18(2)3)26(20(6)7)25(23)19(4)5/h10-14,16,18-20,30H,8-9,15,17H2,1-7H3. The van der Waals surface area contributed by atoms with Crippen LogP contribution in [0.2, 0.25) is 0 Å². The van der Waals surface area contributed by atoms with E-state index in [1.54, 1.807) is 0 Å². The van der Waals surface area contributed by atoms with Crippen LogP contribution in [0.25, 0.3) is 11.1 Å². The summed E-state index contributed by atoms with van der Waals surface area (Å²) in [6, 6.07) is 13.3. The molecule has 0 aromatic heterocycles. The second-order valence-electron chi connectivity index (χ2n) is 9.36. The largest absolute Gasteiger partial charge is 0.122 e. The van der Waals surface area contributed by atoms with E-state index in [9.17, 15) is 0 Å². The predicted octanol–water partition coefficient (Wildman–Crippen LogP) is 9.39. The molecule has 2 rings (SSSR count). The minimum Gasteiger partial charge on any atom is -0.101 e. The molecular formula is C27H39Cl2P. The molecule has 0 fully saturated rings. The maximum absolute atomic E-state index is 6.71. The number of unbranched alkanes of at least 4 members (excludes halogenated alkanes) is 1. The molecule has 0 heterocycles. The fraction of sp³-hybridized carbons (Fsp3) is 0.556. The van der Waals surface area contributed by atoms with Gasteiger partial charge in [0.15, 0.2) is 0 Å². The number of alkyl halides is 2. The SMILES string of the molecule is CCCCC(Cl)(Cl)CPc1cc(-c2ccccc2)c(C(C)C)c(C(C)C)c1C(C)C. The first-order chi connectivity index (χ1) is 14.1. The van der Waals surface area contributed by atoms with E-state index in [1.165, 1.54) is 33.1 Å². The van der Waals surface area contributed by atoms with Gasteiger partial charge < -0.3 is 0 Å². The molecule has 166 valence electrons. The maximum Gasteiger partial charge on any atom is 0.122 e. The average molecular weight is 465 g/mol. The minimum absolute atomic E-state index is 0.470. The van der Waals surface area contributed by atoms with Crippen LogP contribution in [0.4, 0.5) is 0 Å². The molecule has 0 saturated heterocycles. The van der Waals surface area contributed by atoms with Crippen molar-refractivity contribution in [3.8, 4) is 11.1 Å². The first-order valence-electron chi connectivity index (χ1n) is 11.5. The lowest BCUT2D eigenvalue weighted by molar-refractivity contribution is 0.676. The van der Waals surface area contributed by atoms with Crippen LogP contribution in [0.3, 0.4) is 0 Å². The van der Waals surface area contributed by atoms with Crippen LogP contribution >= 0.6 is 31.8 Å². The lowest BCUT2D eigenvalue weighted by atomic mass is 9.79. The molecule has 0 N–H and O–H groups in total. The van der Waals surface area contributed by atoms with E-state index in [-0.39, 0.29) is 0 Å². The van der Waals surface area contributed by atoms with Crippen LogP contribution in [0.5, 0.6) is 0 Å². The molecule has 0 nitrogen and oxygen atoms in total. The third kappa shape index (κ3) is 6.48. The normalized spacial score (nSPS) is 12.8. The van der Waals surface area contributed by atoms with Gasteiger partial charge in [0.1, 0.15) is 4.33 Å². The number of hydrogen-bond donors (Lipinski definition) is 0. The van der Waals surface area contributed by atoms with Crippen LogP contribution in [0.1, 0.15) is 102 Å². The Kier molecular flexibility index (Phi) is 9.73. The topological polar surface area (TPSA) is 0 Å². The minimum atomic E-state index is -0.635. The molecule has 1 unspecified atom stereocenters. The van der Waals surface area contributed by atoms with Crippen molar-refractivity contribution in [1.82, 2.24) is 0 Å². The molecule has 0 aliphatic carbocycles. The first kappa shape index (κ1) is 25.7. The fourth-order valence-corrected chi connectivity index (χ4v) is 6.51. The van der Waals surface area contributed by atoms with Crippen LogP contribution in [0, 0.1) is 0 Å². The van der Waals surface area contributed by atoms with E-state index in [2.05, 4.69) is 84.9 Å². The zero-order chi connectivity index (χ0) is 22.5. The van der Waals surface area contributed by atoms with Crippen molar-refractivity contribution in [3.63, 3.8) is 0 Å². The Morgan fingerprint density at radius 3 is 1.90 bits per heavy atom. The molecule has 1 atom stereocenters. The molecule has 30 heavy (non-hydrogen) atoms. The van der Waals surface area contributed by atoms with E-state index < -0.39 is 4.33 Å². The molecule has 0 radical (unpaired) electrons. The molecule has 0 aliphatic heterocycles. The highest BCUT2D eigenvalue weighted by molar-refractivity contribution is 7.47. The van der Waals surface area contributed by atoms with Gasteiger partial charge in [0.05, 0.1) is 0 Å². The second kappa shape index (κ2) is 11.4. The number of benzene rings is 2. The van der Waals surface area contributed by atoms with Gasteiger partial charge in [-0.05, 0) is 63.4 Å². The summed E-state index contributed by atoms with van der Waals surface area (Å²) in [7, 11) is 0.615. The molecule has 0 bridgehead atoms. The first-order valence-corrected chi connectivity index (χ1v) is 13.4. The van der Waals surface area contributed by atoms with Crippen molar-refractivity contribution in [2.75, 3.05) is 6.16 Å². The maximum atomic E-state index is 6.71. The Bertz CT molecular complexity index is 807. The summed E-state index contributed by atoms with van der Waals surface area (Å²) in [4.78, 5) is 0. The quantitative estimate of drug-likeness (QED) is 0.242. The molecule has 2 aromatic rings. The van der Waals surface area contributed by atoms with Crippen molar-refractivity contribution in [2.45, 2.75) is 89.8 Å². The Balaban J connectivity index is 2.67. The van der Waals surface area contributed by atoms with Gasteiger partial charge in [0.2, 0.25) is 0 Å². The van der Waals surface area contributed by atoms with E-state index in [4.69, 9.17) is 23.2 Å². The van der Waals surface area contributed by atoms with Gasteiger partial charge in [-0.25, -0.2) is 0 Å². The highest BCUT2D eigenvalue weighted by atomic mass is 35.5. The van der Waals surface area contributed by atoms with Gasteiger partial charge in [-0.1, -0.05) is 100 Å². The third-order valence-corrected chi connectivity index (χ3v) is 8.37. The summed E-state index contributed by atoms with van der Waals surface area (Å²) in [5.74, 6) is 1.42. The molecule has 0 saturated carbocycles. The van der Waals surface area contributed by atoms with Crippen LogP contribution in [-0.2, 0) is 0 Å². The van der Waals surface area contributed by atoms with Gasteiger partial charge in [-0.2, -0.15) is 0 Å². The van der Waals surface area contributed by atoms with Crippen molar-refractivity contribution in [1.29, 1.82) is 0 Å². The lowest BCUT2D eigenvalue weighted by Crippen LogP contribution is -2.21. The van der Waals surface area contributed by atoms with Crippen molar-refractivity contribution < 1.29 is 0 Å². The lowest BCUT2D eigenvalue weighted by Gasteiger charge is -2.29. The van der Waals surface area contributed by atoms with E-state index in [1.807, 2.05) is 0 Å². The van der Waals surface area contributed by atoms with E-state index in [0.717, 1.165) is 25.4 Å². The Hall–Kier alpha value is -0.550. The highest BCUT2D eigenvalue weighted by Gasteiger charge is 2.27. The Labute approximate surface area is 196 Å². The van der Waals surface area contributed by atoms with Gasteiger partial charge in [-0.15, -0.1) is 23.2 Å². The fourth-order valence-electron chi connectivity index (χ4n) is 4.35. The third-order valence-electron chi connectivity index (χ3n) is 5.70. The van der Waals surface area contributed by atoms with Gasteiger partial charge in [0, 0.05) is 6.16 Å². The highest BCUT2D eigenvalue weighted by Crippen LogP contribution is 2.42. The van der Waals surface area contributed by atoms with Gasteiger partial charge in [0.25, 0.3) is 0 Å². The molecular weight excluding hydrogens is 426 g/mol. The number of rotatable bonds is 10. The summed E-state index contributed by atoms with van der Waals surface area (Å²) in [5, 5.41) is 1.44. The summed E-state index contributed by atoms with van der Waals surface area (Å²) < 4.78 is -0.635. The molecule has 0 aliphatic rings. The number of hydrogen-bond acceptors (Lipinski definition) is 0. The van der Waals surface area contributed by atoms with Crippen molar-refractivity contribution in [3.05, 3.63) is 53.1 Å². The monoisotopic (exact) mass is 464 g/mol. The molecule has 0 amide bonds. The average Bonchev–Trinajstić information content (AvgIpc) is 2.69. The van der Waals surface area contributed by atoms with Crippen LogP contribution < -0.4 is 5.30 Å². The zero-order valence-electron chi connectivity index (χ0n) is 19.8. The smallest absolute Gasteiger partial charge is 0.101 e.